The Labute approximate surface area is 179 Å². The molecule has 0 bridgehead atoms. The van der Waals surface area contributed by atoms with E-state index in [1.807, 2.05) is 0 Å². The number of benzene rings is 1. The summed E-state index contributed by atoms with van der Waals surface area (Å²) in [7, 11) is 0. The fourth-order valence-corrected chi connectivity index (χ4v) is 3.39. The molecule has 2 amide bonds. The molecule has 1 aromatic heterocycles. The second-order valence-electron chi connectivity index (χ2n) is 7.28. The minimum Gasteiger partial charge on any atom is -0.489 e. The third-order valence-electron chi connectivity index (χ3n) is 5.20. The molecule has 32 heavy (non-hydrogen) atoms. The van der Waals surface area contributed by atoms with Crippen molar-refractivity contribution in [2.45, 2.75) is 25.1 Å². The number of allylic oxidation sites excluding steroid dienone is 1. The Morgan fingerprint density at radius 3 is 2.75 bits per heavy atom. The normalized spacial score (nSPS) is 19.5. The largest absolute Gasteiger partial charge is 0.489 e. The van der Waals surface area contributed by atoms with Crippen LogP contribution in [0.1, 0.15) is 22.5 Å². The third kappa shape index (κ3) is 4.26. The number of furan rings is 1. The SMILES string of the molecule is Cc1oc2ccc(OC/C(C=[NH2+])=C(/N)C(F)(F)F)cc2c1C(=O)N[C@@]1(CO)CCNC1=O. The molecule has 1 fully saturated rings. The van der Waals surface area contributed by atoms with E-state index in [-0.39, 0.29) is 23.5 Å². The molecule has 0 radical (unpaired) electrons. The molecule has 2 aromatic rings. The van der Waals surface area contributed by atoms with Gasteiger partial charge in [-0.2, -0.15) is 13.2 Å². The van der Waals surface area contributed by atoms with E-state index >= 15 is 0 Å². The highest BCUT2D eigenvalue weighted by Gasteiger charge is 2.44. The smallest absolute Gasteiger partial charge is 0.431 e. The Balaban J connectivity index is 1.89. The summed E-state index contributed by atoms with van der Waals surface area (Å²) in [6, 6.07) is 4.35. The Morgan fingerprint density at radius 1 is 1.47 bits per heavy atom. The lowest BCUT2D eigenvalue weighted by atomic mass is 9.97. The zero-order valence-electron chi connectivity index (χ0n) is 17.0. The van der Waals surface area contributed by atoms with Gasteiger partial charge in [-0.25, -0.2) is 0 Å². The number of aliphatic hydroxyl groups excluding tert-OH is 1. The second-order valence-corrected chi connectivity index (χ2v) is 7.28. The molecular weight excluding hydrogens is 433 g/mol. The number of rotatable bonds is 7. The van der Waals surface area contributed by atoms with Crippen molar-refractivity contribution in [2.75, 3.05) is 19.8 Å². The van der Waals surface area contributed by atoms with Gasteiger partial charge in [0.25, 0.3) is 5.91 Å². The van der Waals surface area contributed by atoms with Crippen molar-refractivity contribution in [2.24, 2.45) is 5.73 Å². The van der Waals surface area contributed by atoms with E-state index in [0.29, 0.717) is 23.7 Å². The van der Waals surface area contributed by atoms with E-state index in [1.54, 1.807) is 6.92 Å². The lowest BCUT2D eigenvalue weighted by Crippen LogP contribution is -2.56. The van der Waals surface area contributed by atoms with E-state index < -0.39 is 48.0 Å². The minimum atomic E-state index is -4.76. The number of nitrogens with one attached hydrogen (secondary N) is 2. The molecule has 12 heteroatoms. The molecule has 172 valence electrons. The number of fused-ring (bicyclic) bond motifs is 1. The molecule has 0 spiro atoms. The van der Waals surface area contributed by atoms with Crippen LogP contribution in [0.3, 0.4) is 0 Å². The summed E-state index contributed by atoms with van der Waals surface area (Å²) < 4.78 is 49.4. The number of amides is 2. The highest BCUT2D eigenvalue weighted by Crippen LogP contribution is 2.30. The predicted octanol–water partition coefficient (Wildman–Crippen LogP) is -0.294. The summed E-state index contributed by atoms with van der Waals surface area (Å²) >= 11 is 0. The zero-order chi connectivity index (χ0) is 23.7. The van der Waals surface area contributed by atoms with Gasteiger partial charge in [0.05, 0.1) is 17.7 Å². The number of carbonyl (C=O) groups is 2. The molecule has 1 saturated heterocycles. The van der Waals surface area contributed by atoms with Crippen LogP contribution in [0.5, 0.6) is 5.75 Å². The van der Waals surface area contributed by atoms with E-state index in [9.17, 15) is 27.9 Å². The van der Waals surface area contributed by atoms with E-state index in [1.165, 1.54) is 18.2 Å². The number of alkyl halides is 3. The number of aryl methyl sites for hydroxylation is 1. The average Bonchev–Trinajstić information content (AvgIpc) is 3.26. The molecule has 3 rings (SSSR count). The fraction of sp³-hybridized carbons (Fsp3) is 0.350. The van der Waals surface area contributed by atoms with Crippen LogP contribution in [-0.2, 0) is 4.79 Å². The fourth-order valence-electron chi connectivity index (χ4n) is 3.39. The van der Waals surface area contributed by atoms with E-state index in [2.05, 4.69) is 10.6 Å². The maximum absolute atomic E-state index is 13.0. The Kier molecular flexibility index (Phi) is 6.17. The standard InChI is InChI=1S/C20H21F3N4O5/c1-10-15(17(29)27-19(9-28)4-5-26-18(19)30)13-6-12(2-3-14(13)32-10)31-8-11(7-24)16(25)20(21,22)23/h2-3,6-7,24,28H,4-5,8-9,25H2,1H3,(H,26,30)(H,27,29)/p+1/b16-11+,24-7?/t19-/m1/s1. The molecule has 1 aromatic carbocycles. The van der Waals surface area contributed by atoms with Gasteiger partial charge in [-0.1, -0.05) is 0 Å². The van der Waals surface area contributed by atoms with Crippen LogP contribution in [0.15, 0.2) is 33.9 Å². The number of hydrogen-bond acceptors (Lipinski definition) is 6. The number of aliphatic hydroxyl groups is 1. The number of nitrogens with two attached hydrogens (primary N) is 2. The minimum absolute atomic E-state index is 0.105. The number of ether oxygens (including phenoxy) is 1. The molecule has 1 aliphatic rings. The van der Waals surface area contributed by atoms with Crippen LogP contribution in [0, 0.1) is 6.92 Å². The highest BCUT2D eigenvalue weighted by atomic mass is 19.4. The Morgan fingerprint density at radius 2 is 2.19 bits per heavy atom. The van der Waals surface area contributed by atoms with Crippen molar-refractivity contribution in [3.05, 3.63) is 40.8 Å². The van der Waals surface area contributed by atoms with Gasteiger partial charge in [-0.15, -0.1) is 0 Å². The molecule has 2 heterocycles. The highest BCUT2D eigenvalue weighted by molar-refractivity contribution is 6.09. The average molecular weight is 455 g/mol. The molecule has 9 nitrogen and oxygen atoms in total. The lowest BCUT2D eigenvalue weighted by Gasteiger charge is -2.24. The monoisotopic (exact) mass is 455 g/mol. The van der Waals surface area contributed by atoms with Gasteiger partial charge in [0.2, 0.25) is 5.91 Å². The molecule has 0 unspecified atom stereocenters. The van der Waals surface area contributed by atoms with Crippen LogP contribution in [0.4, 0.5) is 13.2 Å². The van der Waals surface area contributed by atoms with Gasteiger partial charge in [-0.05, 0) is 31.5 Å². The molecule has 0 aliphatic carbocycles. The molecular formula is C20H22F3N4O5+. The van der Waals surface area contributed by atoms with Crippen molar-refractivity contribution in [3.63, 3.8) is 0 Å². The second kappa shape index (κ2) is 8.54. The molecule has 1 atom stereocenters. The Bertz CT molecular complexity index is 1110. The first-order valence-electron chi connectivity index (χ1n) is 9.51. The van der Waals surface area contributed by atoms with Crippen LogP contribution < -0.4 is 26.5 Å². The molecule has 0 saturated carbocycles. The lowest BCUT2D eigenvalue weighted by molar-refractivity contribution is -0.125. The van der Waals surface area contributed by atoms with Crippen molar-refractivity contribution in [1.29, 1.82) is 0 Å². The summed E-state index contributed by atoms with van der Waals surface area (Å²) in [6.45, 7) is 0.709. The summed E-state index contributed by atoms with van der Waals surface area (Å²) in [4.78, 5) is 25.1. The van der Waals surface area contributed by atoms with E-state index in [4.69, 9.17) is 20.3 Å². The van der Waals surface area contributed by atoms with E-state index in [0.717, 1.165) is 0 Å². The number of carbonyl (C=O) groups excluding carboxylic acids is 2. The van der Waals surface area contributed by atoms with Gasteiger partial charge in [0.15, 0.2) is 6.21 Å². The summed E-state index contributed by atoms with van der Waals surface area (Å²) in [6.07, 6.45) is -3.84. The summed E-state index contributed by atoms with van der Waals surface area (Å²) in [5, 5.41) is 20.4. The quantitative estimate of drug-likeness (QED) is 0.362. The Hall–Kier alpha value is -3.54. The number of hydrogen-bond donors (Lipinski definition) is 5. The van der Waals surface area contributed by atoms with Crippen LogP contribution >= 0.6 is 0 Å². The first-order chi connectivity index (χ1) is 15.0. The van der Waals surface area contributed by atoms with Crippen LogP contribution in [0.2, 0.25) is 0 Å². The summed E-state index contributed by atoms with van der Waals surface area (Å²) in [5.41, 5.74) is 2.24. The number of halogens is 3. The molecule has 1 aliphatic heterocycles. The van der Waals surface area contributed by atoms with Gasteiger partial charge in [0, 0.05) is 11.9 Å². The van der Waals surface area contributed by atoms with Gasteiger partial charge >= 0.3 is 6.18 Å². The first kappa shape index (κ1) is 23.1. The van der Waals surface area contributed by atoms with Crippen molar-refractivity contribution in [1.82, 2.24) is 10.6 Å². The topological polar surface area (TPSA) is 152 Å². The third-order valence-corrected chi connectivity index (χ3v) is 5.20. The zero-order valence-corrected chi connectivity index (χ0v) is 17.0. The van der Waals surface area contributed by atoms with Crippen LogP contribution in [0.25, 0.3) is 11.0 Å². The molecule has 7 N–H and O–H groups in total. The summed E-state index contributed by atoms with van der Waals surface area (Å²) in [5.74, 6) is -0.764. The van der Waals surface area contributed by atoms with Gasteiger partial charge < -0.3 is 30.6 Å². The van der Waals surface area contributed by atoms with Gasteiger partial charge in [-0.3, -0.25) is 15.0 Å². The van der Waals surface area contributed by atoms with Crippen molar-refractivity contribution in [3.8, 4) is 5.75 Å². The predicted molar refractivity (Wildman–Crippen MR) is 107 cm³/mol. The maximum atomic E-state index is 13.0. The van der Waals surface area contributed by atoms with Crippen molar-refractivity contribution >= 4 is 29.0 Å². The first-order valence-corrected chi connectivity index (χ1v) is 9.51. The van der Waals surface area contributed by atoms with Gasteiger partial charge in [0.1, 0.15) is 34.9 Å². The van der Waals surface area contributed by atoms with Crippen molar-refractivity contribution < 1.29 is 42.4 Å². The maximum Gasteiger partial charge on any atom is 0.431 e. The van der Waals surface area contributed by atoms with Crippen LogP contribution in [-0.4, -0.2) is 54.6 Å².